The number of aryl methyl sites for hydroxylation is 1. The number of aromatic nitrogens is 1. The van der Waals surface area contributed by atoms with Crippen LogP contribution in [0, 0.1) is 0 Å². The fourth-order valence-electron chi connectivity index (χ4n) is 3.53. The molecule has 4 rings (SSSR count). The SMILES string of the molecule is NCCCN1/C(=C\C=C\c2sc3ccccc3[n+]2CCCN)Sc2ccccc21. The Morgan fingerprint density at radius 3 is 2.62 bits per heavy atom. The van der Waals surface area contributed by atoms with Gasteiger partial charge in [0.25, 0.3) is 5.01 Å². The topological polar surface area (TPSA) is 59.2 Å². The second-order valence-corrected chi connectivity index (χ2v) is 9.05. The van der Waals surface area contributed by atoms with Crippen LogP contribution in [0.5, 0.6) is 0 Å². The lowest BCUT2D eigenvalue weighted by Gasteiger charge is -2.19. The molecule has 6 heteroatoms. The van der Waals surface area contributed by atoms with E-state index in [1.54, 1.807) is 0 Å². The van der Waals surface area contributed by atoms with Crippen LogP contribution in [0.15, 0.2) is 70.6 Å². The fourth-order valence-corrected chi connectivity index (χ4v) is 5.73. The molecule has 2 heterocycles. The van der Waals surface area contributed by atoms with Gasteiger partial charge in [0.15, 0.2) is 6.54 Å². The number of nitrogens with two attached hydrogens (primary N) is 2. The summed E-state index contributed by atoms with van der Waals surface area (Å²) in [6.45, 7) is 3.30. The molecule has 1 aromatic heterocycles. The molecular weight excluding hydrogens is 396 g/mol. The average molecular weight is 424 g/mol. The summed E-state index contributed by atoms with van der Waals surface area (Å²) in [4.78, 5) is 3.69. The number of allylic oxidation sites excluding steroid dienone is 2. The van der Waals surface area contributed by atoms with Crippen LogP contribution < -0.4 is 20.9 Å². The predicted molar refractivity (Wildman–Crippen MR) is 126 cm³/mol. The van der Waals surface area contributed by atoms with Gasteiger partial charge in [0.05, 0.1) is 10.7 Å². The first-order chi connectivity index (χ1) is 14.3. The van der Waals surface area contributed by atoms with E-state index < -0.39 is 0 Å². The Bertz CT molecular complexity index is 1040. The van der Waals surface area contributed by atoms with Crippen LogP contribution in [0.25, 0.3) is 16.3 Å². The van der Waals surface area contributed by atoms with Crippen LogP contribution in [-0.2, 0) is 6.54 Å². The Morgan fingerprint density at radius 1 is 0.966 bits per heavy atom. The third-order valence-corrected chi connectivity index (χ3v) is 7.18. The van der Waals surface area contributed by atoms with Crippen LogP contribution in [0.2, 0.25) is 0 Å². The summed E-state index contributed by atoms with van der Waals surface area (Å²) >= 11 is 3.66. The predicted octanol–water partition coefficient (Wildman–Crippen LogP) is 4.35. The van der Waals surface area contributed by atoms with Gasteiger partial charge < -0.3 is 16.4 Å². The fraction of sp³-hybridized carbons (Fsp3) is 0.261. The highest BCUT2D eigenvalue weighted by Crippen LogP contribution is 2.45. The van der Waals surface area contributed by atoms with Crippen molar-refractivity contribution in [3.05, 3.63) is 70.7 Å². The van der Waals surface area contributed by atoms with E-state index in [4.69, 9.17) is 11.5 Å². The first kappa shape index (κ1) is 20.2. The van der Waals surface area contributed by atoms with Crippen molar-refractivity contribution < 1.29 is 4.57 Å². The molecule has 0 radical (unpaired) electrons. The molecule has 3 aromatic rings. The van der Waals surface area contributed by atoms with Crippen molar-refractivity contribution in [2.24, 2.45) is 11.5 Å². The summed E-state index contributed by atoms with van der Waals surface area (Å²) in [5.74, 6) is 0. The maximum atomic E-state index is 5.76. The maximum absolute atomic E-state index is 5.76. The van der Waals surface area contributed by atoms with Gasteiger partial charge in [-0.25, -0.2) is 0 Å². The van der Waals surface area contributed by atoms with Gasteiger partial charge in [0.1, 0.15) is 4.70 Å². The van der Waals surface area contributed by atoms with Gasteiger partial charge in [0, 0.05) is 30.0 Å². The van der Waals surface area contributed by atoms with Crippen molar-refractivity contribution in [1.29, 1.82) is 0 Å². The van der Waals surface area contributed by atoms with E-state index in [0.29, 0.717) is 13.1 Å². The third kappa shape index (κ3) is 4.41. The molecule has 0 saturated heterocycles. The van der Waals surface area contributed by atoms with Crippen LogP contribution in [0.3, 0.4) is 0 Å². The Morgan fingerprint density at radius 2 is 1.76 bits per heavy atom. The molecule has 1 aliphatic heterocycles. The number of nitrogens with zero attached hydrogens (tertiary/aromatic N) is 2. The number of benzene rings is 2. The van der Waals surface area contributed by atoms with Crippen LogP contribution in [-0.4, -0.2) is 19.6 Å². The van der Waals surface area contributed by atoms with Gasteiger partial charge in [-0.2, -0.15) is 4.57 Å². The number of thioether (sulfide) groups is 1. The lowest BCUT2D eigenvalue weighted by Crippen LogP contribution is -2.36. The number of anilines is 1. The molecule has 0 saturated carbocycles. The quantitative estimate of drug-likeness (QED) is 0.529. The van der Waals surface area contributed by atoms with E-state index in [1.165, 1.54) is 30.8 Å². The molecular formula is C23H27N4S2+. The first-order valence-electron chi connectivity index (χ1n) is 10.1. The third-order valence-electron chi connectivity index (χ3n) is 4.92. The number of rotatable bonds is 8. The zero-order valence-electron chi connectivity index (χ0n) is 16.5. The molecule has 0 atom stereocenters. The van der Waals surface area contributed by atoms with Crippen LogP contribution >= 0.6 is 23.1 Å². The lowest BCUT2D eigenvalue weighted by molar-refractivity contribution is -0.668. The zero-order valence-corrected chi connectivity index (χ0v) is 18.1. The molecule has 2 aromatic carbocycles. The van der Waals surface area contributed by atoms with Gasteiger partial charge in [-0.1, -0.05) is 53.4 Å². The Balaban J connectivity index is 1.61. The van der Waals surface area contributed by atoms with Gasteiger partial charge in [-0.15, -0.1) is 0 Å². The minimum Gasteiger partial charge on any atom is -0.335 e. The van der Waals surface area contributed by atoms with E-state index in [9.17, 15) is 0 Å². The molecule has 0 amide bonds. The largest absolute Gasteiger partial charge is 0.335 e. The normalized spacial score (nSPS) is 15.1. The Kier molecular flexibility index (Phi) is 6.67. The second kappa shape index (κ2) is 9.59. The van der Waals surface area contributed by atoms with Crippen molar-refractivity contribution >= 4 is 45.1 Å². The van der Waals surface area contributed by atoms with Crippen LogP contribution in [0.1, 0.15) is 17.8 Å². The first-order valence-corrected chi connectivity index (χ1v) is 11.7. The van der Waals surface area contributed by atoms with E-state index in [-0.39, 0.29) is 0 Å². The Hall–Kier alpha value is -2.12. The van der Waals surface area contributed by atoms with Crippen molar-refractivity contribution in [3.63, 3.8) is 0 Å². The molecule has 0 spiro atoms. The van der Waals surface area contributed by atoms with Gasteiger partial charge in [-0.05, 0) is 43.8 Å². The lowest BCUT2D eigenvalue weighted by atomic mass is 10.2. The number of thiazole rings is 1. The number of para-hydroxylation sites is 2. The smallest absolute Gasteiger partial charge is 0.262 e. The van der Waals surface area contributed by atoms with Crippen LogP contribution in [0.4, 0.5) is 5.69 Å². The molecule has 4 nitrogen and oxygen atoms in total. The van der Waals surface area contributed by atoms with E-state index in [1.807, 2.05) is 23.1 Å². The molecule has 29 heavy (non-hydrogen) atoms. The highest BCUT2D eigenvalue weighted by molar-refractivity contribution is 8.03. The van der Waals surface area contributed by atoms with Crippen molar-refractivity contribution in [1.82, 2.24) is 0 Å². The van der Waals surface area contributed by atoms with Crippen molar-refractivity contribution in [2.75, 3.05) is 24.5 Å². The highest BCUT2D eigenvalue weighted by Gasteiger charge is 2.23. The van der Waals surface area contributed by atoms with Crippen molar-refractivity contribution in [2.45, 2.75) is 24.3 Å². The summed E-state index contributed by atoms with van der Waals surface area (Å²) < 4.78 is 3.69. The average Bonchev–Trinajstić information content (AvgIpc) is 3.28. The van der Waals surface area contributed by atoms with E-state index >= 15 is 0 Å². The molecule has 0 fully saturated rings. The molecule has 0 bridgehead atoms. The minimum absolute atomic E-state index is 0.704. The number of hydrogen-bond donors (Lipinski definition) is 2. The molecule has 0 aliphatic carbocycles. The summed E-state index contributed by atoms with van der Waals surface area (Å²) in [6.07, 6.45) is 8.57. The summed E-state index contributed by atoms with van der Waals surface area (Å²) in [7, 11) is 0. The zero-order chi connectivity index (χ0) is 20.1. The summed E-state index contributed by atoms with van der Waals surface area (Å²) in [5.41, 5.74) is 14.1. The summed E-state index contributed by atoms with van der Waals surface area (Å²) in [6, 6.07) is 17.2. The van der Waals surface area contributed by atoms with E-state index in [0.717, 1.165) is 25.9 Å². The monoisotopic (exact) mass is 423 g/mol. The van der Waals surface area contributed by atoms with Gasteiger partial charge in [-0.3, -0.25) is 0 Å². The minimum atomic E-state index is 0.704. The summed E-state index contributed by atoms with van der Waals surface area (Å²) in [5, 5.41) is 2.51. The Labute approximate surface area is 180 Å². The van der Waals surface area contributed by atoms with Crippen molar-refractivity contribution in [3.8, 4) is 0 Å². The van der Waals surface area contributed by atoms with E-state index in [2.05, 4.69) is 76.2 Å². The van der Waals surface area contributed by atoms with Gasteiger partial charge in [0.2, 0.25) is 5.52 Å². The highest BCUT2D eigenvalue weighted by atomic mass is 32.2. The second-order valence-electron chi connectivity index (χ2n) is 6.93. The standard InChI is InChI=1S/C23H27N4S2/c24-14-6-16-26-18-8-1-3-10-20(18)28-22(26)12-5-13-23-27(17-7-15-25)19-9-2-4-11-21(19)29-23/h1-5,8-13H,6-7,14-17,24-25H2/q+1. The molecule has 0 unspecified atom stereocenters. The molecule has 4 N–H and O–H groups in total. The van der Waals surface area contributed by atoms with Gasteiger partial charge >= 0.3 is 0 Å². The number of fused-ring (bicyclic) bond motifs is 2. The molecule has 150 valence electrons. The molecule has 1 aliphatic rings. The maximum Gasteiger partial charge on any atom is 0.262 e. The number of hydrogen-bond acceptors (Lipinski definition) is 5.